The lowest BCUT2D eigenvalue weighted by Gasteiger charge is -2.28. The number of nitrogens with one attached hydrogen (secondary N) is 1. The zero-order chi connectivity index (χ0) is 23.1. The van der Waals surface area contributed by atoms with Crippen LogP contribution in [0, 0.1) is 6.92 Å². The average Bonchev–Trinajstić information content (AvgIpc) is 3.49. The first-order chi connectivity index (χ1) is 16.7. The number of halogens is 1. The van der Waals surface area contributed by atoms with Crippen LogP contribution < -0.4 is 0 Å². The fourth-order valence-electron chi connectivity index (χ4n) is 5.62. The predicted molar refractivity (Wildman–Crippen MR) is 141 cm³/mol. The van der Waals surface area contributed by atoms with Gasteiger partial charge in [-0.15, -0.1) is 0 Å². The van der Waals surface area contributed by atoms with Gasteiger partial charge in [0, 0.05) is 59.4 Å². The molecule has 4 heterocycles. The monoisotopic (exact) mass is 465 g/mol. The summed E-state index contributed by atoms with van der Waals surface area (Å²) < 4.78 is 0. The van der Waals surface area contributed by atoms with Gasteiger partial charge in [-0.2, -0.15) is 0 Å². The molecule has 4 aromatic rings. The minimum absolute atomic E-state index is 0.491. The molecule has 0 radical (unpaired) electrons. The van der Waals surface area contributed by atoms with Crippen molar-refractivity contribution in [3.63, 3.8) is 0 Å². The number of fused-ring (bicyclic) bond motifs is 1. The summed E-state index contributed by atoms with van der Waals surface area (Å²) in [5, 5.41) is 0.745. The fourth-order valence-corrected chi connectivity index (χ4v) is 5.81. The Morgan fingerprint density at radius 3 is 2.62 bits per heavy atom. The summed E-state index contributed by atoms with van der Waals surface area (Å²) in [6.45, 7) is 4.41. The van der Waals surface area contributed by atoms with E-state index in [-0.39, 0.29) is 0 Å². The zero-order valence-electron chi connectivity index (χ0n) is 19.3. The van der Waals surface area contributed by atoms with Gasteiger partial charge in [0.1, 0.15) is 0 Å². The van der Waals surface area contributed by atoms with Gasteiger partial charge < -0.3 is 4.98 Å². The fraction of sp³-hybridized carbons (Fsp3) is 0.233. The Balaban J connectivity index is 1.37. The summed E-state index contributed by atoms with van der Waals surface area (Å²) in [5.41, 5.74) is 10.1. The highest BCUT2D eigenvalue weighted by Gasteiger charge is 2.34. The van der Waals surface area contributed by atoms with E-state index in [1.54, 1.807) is 0 Å². The lowest BCUT2D eigenvalue weighted by Crippen LogP contribution is -2.32. The molecule has 1 saturated heterocycles. The number of aryl methyl sites for hydroxylation is 1. The third-order valence-corrected chi connectivity index (χ3v) is 7.60. The van der Waals surface area contributed by atoms with Crippen LogP contribution in [0.4, 0.5) is 0 Å². The van der Waals surface area contributed by atoms with Crippen LogP contribution in [0.2, 0.25) is 5.02 Å². The maximum absolute atomic E-state index is 6.34. The first-order valence-electron chi connectivity index (χ1n) is 12.0. The Hall–Kier alpha value is -3.14. The van der Waals surface area contributed by atoms with Crippen molar-refractivity contribution in [2.24, 2.45) is 0 Å². The lowest BCUT2D eigenvalue weighted by atomic mass is 9.90. The van der Waals surface area contributed by atoms with E-state index in [0.29, 0.717) is 12.0 Å². The van der Waals surface area contributed by atoms with Crippen LogP contribution in [-0.4, -0.2) is 34.0 Å². The summed E-state index contributed by atoms with van der Waals surface area (Å²) in [6.07, 6.45) is 10.7. The van der Waals surface area contributed by atoms with E-state index in [1.165, 1.54) is 39.8 Å². The number of aromatic nitrogens is 2. The van der Waals surface area contributed by atoms with Gasteiger partial charge in [0.25, 0.3) is 0 Å². The standard InChI is InChI=1S/C30H28ClN3/c1-20-5-7-21(8-6-20)25-17-27-16-23(11-14-34(27)19-25)28-18-33-30(24-3-2-4-26(31)15-24)29(28)22-9-12-32-13-10-22/h2-10,12-13,15-16,18,25,27,33H,11,14,17,19H2,1H3/t25-,27-/m1/s1. The third-order valence-electron chi connectivity index (χ3n) is 7.37. The van der Waals surface area contributed by atoms with E-state index >= 15 is 0 Å². The number of aromatic amines is 1. The molecule has 2 aromatic carbocycles. The molecule has 2 aromatic heterocycles. The molecule has 4 heteroatoms. The van der Waals surface area contributed by atoms with E-state index in [9.17, 15) is 0 Å². The van der Waals surface area contributed by atoms with E-state index in [0.717, 1.165) is 35.8 Å². The molecule has 0 saturated carbocycles. The third kappa shape index (κ3) is 4.00. The van der Waals surface area contributed by atoms with Crippen molar-refractivity contribution in [1.29, 1.82) is 0 Å². The zero-order valence-corrected chi connectivity index (χ0v) is 20.1. The highest BCUT2D eigenvalue weighted by molar-refractivity contribution is 6.30. The van der Waals surface area contributed by atoms with Crippen LogP contribution in [0.15, 0.2) is 85.3 Å². The van der Waals surface area contributed by atoms with Gasteiger partial charge in [0.05, 0.1) is 5.69 Å². The molecule has 0 aliphatic carbocycles. The van der Waals surface area contributed by atoms with Crippen molar-refractivity contribution in [2.45, 2.75) is 31.7 Å². The molecular weight excluding hydrogens is 438 g/mol. The lowest BCUT2D eigenvalue weighted by molar-refractivity contribution is 0.286. The topological polar surface area (TPSA) is 31.9 Å². The molecule has 2 atom stereocenters. The second kappa shape index (κ2) is 8.90. The van der Waals surface area contributed by atoms with Crippen LogP contribution >= 0.6 is 11.6 Å². The number of pyridine rings is 1. The van der Waals surface area contributed by atoms with Gasteiger partial charge in [-0.25, -0.2) is 0 Å². The quantitative estimate of drug-likeness (QED) is 0.341. The largest absolute Gasteiger partial charge is 0.360 e. The van der Waals surface area contributed by atoms with Crippen LogP contribution in [-0.2, 0) is 0 Å². The molecule has 0 bridgehead atoms. The molecule has 170 valence electrons. The second-order valence-electron chi connectivity index (χ2n) is 9.55. The maximum atomic E-state index is 6.34. The number of H-pyrrole nitrogens is 1. The van der Waals surface area contributed by atoms with Crippen LogP contribution in [0.5, 0.6) is 0 Å². The molecule has 2 aliphatic rings. The minimum atomic E-state index is 0.491. The molecule has 0 amide bonds. The molecule has 3 nitrogen and oxygen atoms in total. The first kappa shape index (κ1) is 21.4. The van der Waals surface area contributed by atoms with Gasteiger partial charge >= 0.3 is 0 Å². The van der Waals surface area contributed by atoms with E-state index in [4.69, 9.17) is 11.6 Å². The number of benzene rings is 2. The van der Waals surface area contributed by atoms with Crippen molar-refractivity contribution < 1.29 is 0 Å². The van der Waals surface area contributed by atoms with E-state index < -0.39 is 0 Å². The number of hydrogen-bond acceptors (Lipinski definition) is 2. The first-order valence-corrected chi connectivity index (χ1v) is 12.4. The van der Waals surface area contributed by atoms with Crippen molar-refractivity contribution >= 4 is 17.2 Å². The molecule has 0 spiro atoms. The van der Waals surface area contributed by atoms with Crippen LogP contribution in [0.1, 0.15) is 35.4 Å². The Kier molecular flexibility index (Phi) is 5.60. The SMILES string of the molecule is Cc1ccc([C@@H]2C[C@H]3C=C(c4c[nH]c(-c5cccc(Cl)c5)c4-c4ccncc4)CCN3C2)cc1. The average molecular weight is 466 g/mol. The predicted octanol–water partition coefficient (Wildman–Crippen LogP) is 7.35. The molecule has 1 fully saturated rings. The van der Waals surface area contributed by atoms with Crippen LogP contribution in [0.3, 0.4) is 0 Å². The number of rotatable bonds is 4. The molecule has 34 heavy (non-hydrogen) atoms. The van der Waals surface area contributed by atoms with Gasteiger partial charge in [0.2, 0.25) is 0 Å². The van der Waals surface area contributed by atoms with E-state index in [1.807, 2.05) is 30.6 Å². The Labute approximate surface area is 206 Å². The summed E-state index contributed by atoms with van der Waals surface area (Å²) in [5.74, 6) is 0.606. The van der Waals surface area contributed by atoms with Gasteiger partial charge in [0.15, 0.2) is 0 Å². The highest BCUT2D eigenvalue weighted by atomic mass is 35.5. The highest BCUT2D eigenvalue weighted by Crippen LogP contribution is 2.43. The van der Waals surface area contributed by atoms with Gasteiger partial charge in [-0.3, -0.25) is 9.88 Å². The van der Waals surface area contributed by atoms with Crippen molar-refractivity contribution in [1.82, 2.24) is 14.9 Å². The summed E-state index contributed by atoms with van der Waals surface area (Å²) in [7, 11) is 0. The Morgan fingerprint density at radius 2 is 1.82 bits per heavy atom. The number of nitrogens with zero attached hydrogens (tertiary/aromatic N) is 2. The summed E-state index contributed by atoms with van der Waals surface area (Å²) in [4.78, 5) is 10.5. The maximum Gasteiger partial charge on any atom is 0.0540 e. The molecular formula is C30H28ClN3. The van der Waals surface area contributed by atoms with Gasteiger partial charge in [-0.1, -0.05) is 59.6 Å². The Bertz CT molecular complexity index is 1340. The molecule has 6 rings (SSSR count). The van der Waals surface area contributed by atoms with Crippen molar-refractivity contribution in [2.75, 3.05) is 13.1 Å². The van der Waals surface area contributed by atoms with Gasteiger partial charge in [-0.05, 0) is 66.6 Å². The van der Waals surface area contributed by atoms with Crippen molar-refractivity contribution in [3.8, 4) is 22.4 Å². The molecule has 2 aliphatic heterocycles. The van der Waals surface area contributed by atoms with E-state index in [2.05, 4.69) is 76.5 Å². The second-order valence-corrected chi connectivity index (χ2v) is 9.98. The summed E-state index contributed by atoms with van der Waals surface area (Å²) in [6, 6.07) is 21.9. The van der Waals surface area contributed by atoms with Crippen molar-refractivity contribution in [3.05, 3.63) is 107 Å². The minimum Gasteiger partial charge on any atom is -0.360 e. The summed E-state index contributed by atoms with van der Waals surface area (Å²) >= 11 is 6.34. The smallest absolute Gasteiger partial charge is 0.0540 e. The Morgan fingerprint density at radius 1 is 1.00 bits per heavy atom. The molecule has 1 N–H and O–H groups in total. The normalized spacial score (nSPS) is 20.2. The molecule has 0 unspecified atom stereocenters. The van der Waals surface area contributed by atoms with Crippen LogP contribution in [0.25, 0.3) is 28.0 Å². The number of hydrogen-bond donors (Lipinski definition) is 1.